The minimum Gasteiger partial charge on any atom is -0.200 e. The van der Waals surface area contributed by atoms with Crippen molar-refractivity contribution in [2.24, 2.45) is 0 Å². The van der Waals surface area contributed by atoms with Crippen LogP contribution in [0.5, 0.6) is 0 Å². The van der Waals surface area contributed by atoms with Crippen molar-refractivity contribution in [1.82, 2.24) is 4.37 Å². The first kappa shape index (κ1) is 19.0. The average Bonchev–Trinajstić information content (AvgIpc) is 2.63. The van der Waals surface area contributed by atoms with E-state index in [-0.39, 0.29) is 5.69 Å². The molecule has 0 aromatic heterocycles. The molecule has 4 heteroatoms. The standard InChI is InChI=1S/C21H24F2NSi/c1-4-16-25(17-5-2,18-6-3)24(23,19-12-8-7-9-13-19)21-15-11-10-14-20(21)22/h4-15H,1-3,16-18H2/q+1. The third-order valence-corrected chi connectivity index (χ3v) is 9.48. The molecule has 0 amide bonds. The summed E-state index contributed by atoms with van der Waals surface area (Å²) in [5, 5.41) is 0. The fraction of sp³-hybridized carbons (Fsp3) is 0.143. The first-order valence-electron chi connectivity index (χ1n) is 8.28. The maximum absolute atomic E-state index is 17.0. The van der Waals surface area contributed by atoms with Crippen molar-refractivity contribution in [3.8, 4) is 0 Å². The van der Waals surface area contributed by atoms with Crippen LogP contribution in [0.1, 0.15) is 0 Å². The zero-order valence-electron chi connectivity index (χ0n) is 14.4. The molecule has 130 valence electrons. The second kappa shape index (κ2) is 8.19. The molecule has 0 aliphatic carbocycles. The lowest BCUT2D eigenvalue weighted by atomic mass is 10.2. The first-order valence-corrected chi connectivity index (χ1v) is 10.8. The lowest BCUT2D eigenvalue weighted by Crippen LogP contribution is -2.61. The van der Waals surface area contributed by atoms with Crippen molar-refractivity contribution in [3.05, 3.63) is 98.4 Å². The molecule has 0 aliphatic rings. The Bertz CT molecular complexity index is 718. The van der Waals surface area contributed by atoms with E-state index >= 15 is 4.48 Å². The van der Waals surface area contributed by atoms with Crippen molar-refractivity contribution in [3.63, 3.8) is 0 Å². The minimum absolute atomic E-state index is 0.0333. The Morgan fingerprint density at radius 1 is 0.800 bits per heavy atom. The Morgan fingerprint density at radius 2 is 1.28 bits per heavy atom. The summed E-state index contributed by atoms with van der Waals surface area (Å²) in [4.78, 5) is 0. The molecule has 0 saturated heterocycles. The summed E-state index contributed by atoms with van der Waals surface area (Å²) in [6, 6.07) is 16.3. The molecule has 1 unspecified atom stereocenters. The van der Waals surface area contributed by atoms with Crippen LogP contribution < -0.4 is 4.37 Å². The third-order valence-electron chi connectivity index (χ3n) is 4.52. The molecule has 1 nitrogen and oxygen atoms in total. The van der Waals surface area contributed by atoms with Crippen molar-refractivity contribution < 1.29 is 8.87 Å². The van der Waals surface area contributed by atoms with Crippen LogP contribution in [0.2, 0.25) is 18.1 Å². The van der Waals surface area contributed by atoms with Crippen LogP contribution in [0.4, 0.5) is 20.2 Å². The maximum atomic E-state index is 17.0. The highest BCUT2D eigenvalue weighted by molar-refractivity contribution is 6.82. The number of allylic oxidation sites excluding steroid dienone is 3. The summed E-state index contributed by atoms with van der Waals surface area (Å²) < 4.78 is 30.7. The Labute approximate surface area is 149 Å². The van der Waals surface area contributed by atoms with E-state index in [0.717, 1.165) is 0 Å². The maximum Gasteiger partial charge on any atom is 0.346 e. The SMILES string of the molecule is C=CC[Si](CC=C)(CC=C)[N+](F)(c1ccccc1)c1ccccc1F. The van der Waals surface area contributed by atoms with Crippen LogP contribution in [0.15, 0.2) is 92.6 Å². The van der Waals surface area contributed by atoms with Crippen LogP contribution in [-0.4, -0.2) is 8.24 Å². The van der Waals surface area contributed by atoms with Gasteiger partial charge >= 0.3 is 8.24 Å². The van der Waals surface area contributed by atoms with Gasteiger partial charge in [0.25, 0.3) is 0 Å². The molecule has 2 aromatic rings. The second-order valence-corrected chi connectivity index (χ2v) is 10.4. The first-order chi connectivity index (χ1) is 12.1. The number of quaternary nitrogens is 1. The van der Waals surface area contributed by atoms with Crippen LogP contribution in [-0.2, 0) is 0 Å². The fourth-order valence-corrected chi connectivity index (χ4v) is 7.69. The van der Waals surface area contributed by atoms with E-state index < -0.39 is 18.4 Å². The molecular weight excluding hydrogens is 332 g/mol. The van der Waals surface area contributed by atoms with Gasteiger partial charge in [-0.2, -0.15) is 0 Å². The van der Waals surface area contributed by atoms with E-state index in [4.69, 9.17) is 0 Å². The van der Waals surface area contributed by atoms with E-state index in [1.807, 2.05) is 6.07 Å². The molecule has 0 radical (unpaired) electrons. The number of para-hydroxylation sites is 2. The minimum atomic E-state index is -2.89. The molecule has 2 rings (SSSR count). The van der Waals surface area contributed by atoms with Gasteiger partial charge in [-0.1, -0.05) is 48.6 Å². The predicted molar refractivity (Wildman–Crippen MR) is 106 cm³/mol. The van der Waals surface area contributed by atoms with Gasteiger partial charge in [-0.05, 0) is 10.5 Å². The summed E-state index contributed by atoms with van der Waals surface area (Å²) in [5.41, 5.74) is 0.454. The van der Waals surface area contributed by atoms with Crippen molar-refractivity contribution in [2.45, 2.75) is 18.1 Å². The van der Waals surface area contributed by atoms with Crippen LogP contribution in [0.3, 0.4) is 0 Å². The van der Waals surface area contributed by atoms with Gasteiger partial charge in [0.05, 0.1) is 0 Å². The number of rotatable bonds is 9. The lowest BCUT2D eigenvalue weighted by Gasteiger charge is -2.41. The average molecular weight is 357 g/mol. The summed E-state index contributed by atoms with van der Waals surface area (Å²) in [6.45, 7) is 11.5. The van der Waals surface area contributed by atoms with Gasteiger partial charge in [0, 0.05) is 36.3 Å². The van der Waals surface area contributed by atoms with Crippen LogP contribution in [0, 0.1) is 5.82 Å². The smallest absolute Gasteiger partial charge is 0.200 e. The molecule has 1 atom stereocenters. The number of nitrogens with zero attached hydrogens (tertiary/aromatic N) is 1. The topological polar surface area (TPSA) is 0 Å². The second-order valence-electron chi connectivity index (χ2n) is 6.08. The van der Waals surface area contributed by atoms with E-state index in [2.05, 4.69) is 19.7 Å². The van der Waals surface area contributed by atoms with E-state index in [1.165, 1.54) is 12.1 Å². The summed E-state index contributed by atoms with van der Waals surface area (Å²) in [7, 11) is -2.89. The van der Waals surface area contributed by atoms with Gasteiger partial charge < -0.3 is 0 Å². The van der Waals surface area contributed by atoms with Gasteiger partial charge in [-0.25, -0.2) is 4.39 Å². The summed E-state index contributed by atoms with van der Waals surface area (Å²) in [6.07, 6.45) is 5.20. The van der Waals surface area contributed by atoms with E-state index in [1.54, 1.807) is 54.6 Å². The lowest BCUT2D eigenvalue weighted by molar-refractivity contribution is 0.198. The van der Waals surface area contributed by atoms with Crippen molar-refractivity contribution in [2.75, 3.05) is 0 Å². The Hall–Kier alpha value is -2.30. The number of hydrogen-bond acceptors (Lipinski definition) is 0. The quantitative estimate of drug-likeness (QED) is 0.262. The molecule has 0 heterocycles. The van der Waals surface area contributed by atoms with Gasteiger partial charge in [-0.3, -0.25) is 0 Å². The highest BCUT2D eigenvalue weighted by Crippen LogP contribution is 2.47. The van der Waals surface area contributed by atoms with Crippen LogP contribution >= 0.6 is 0 Å². The van der Waals surface area contributed by atoms with Gasteiger partial charge in [-0.15, -0.1) is 24.1 Å². The molecule has 0 fully saturated rings. The molecule has 0 bridgehead atoms. The fourth-order valence-electron chi connectivity index (χ4n) is 3.44. The molecule has 0 spiro atoms. The van der Waals surface area contributed by atoms with E-state index in [0.29, 0.717) is 23.8 Å². The van der Waals surface area contributed by atoms with Gasteiger partial charge in [0.15, 0.2) is 17.2 Å². The zero-order chi connectivity index (χ0) is 18.3. The third kappa shape index (κ3) is 3.41. The monoisotopic (exact) mass is 356 g/mol. The molecule has 25 heavy (non-hydrogen) atoms. The largest absolute Gasteiger partial charge is 0.346 e. The normalized spacial score (nSPS) is 13.7. The van der Waals surface area contributed by atoms with Crippen molar-refractivity contribution >= 4 is 19.6 Å². The Kier molecular flexibility index (Phi) is 6.23. The van der Waals surface area contributed by atoms with E-state index in [9.17, 15) is 4.39 Å². The zero-order valence-corrected chi connectivity index (χ0v) is 15.4. The molecule has 2 aromatic carbocycles. The van der Waals surface area contributed by atoms with Crippen LogP contribution in [0.25, 0.3) is 0 Å². The highest BCUT2D eigenvalue weighted by Gasteiger charge is 2.59. The van der Waals surface area contributed by atoms with Gasteiger partial charge in [0.2, 0.25) is 0 Å². The number of halogens is 2. The Morgan fingerprint density at radius 3 is 1.76 bits per heavy atom. The summed E-state index contributed by atoms with van der Waals surface area (Å²) >= 11 is 0. The predicted octanol–water partition coefficient (Wildman–Crippen LogP) is 6.85. The summed E-state index contributed by atoms with van der Waals surface area (Å²) in [5.74, 6) is -0.553. The number of benzene rings is 2. The number of hydrogen-bond donors (Lipinski definition) is 0. The molecule has 0 aliphatic heterocycles. The highest BCUT2D eigenvalue weighted by atomic mass is 28.3. The molecule has 0 N–H and O–H groups in total. The Balaban J connectivity index is 2.85. The molecular formula is C21H24F2NSi+. The van der Waals surface area contributed by atoms with Gasteiger partial charge in [0.1, 0.15) is 0 Å². The van der Waals surface area contributed by atoms with Crippen molar-refractivity contribution in [1.29, 1.82) is 0 Å². The molecule has 0 saturated carbocycles.